The quantitative estimate of drug-likeness (QED) is 0.718. The molecule has 0 bridgehead atoms. The van der Waals surface area contributed by atoms with E-state index in [1.165, 1.54) is 16.3 Å². The van der Waals surface area contributed by atoms with Crippen molar-refractivity contribution in [3.05, 3.63) is 102 Å². The summed E-state index contributed by atoms with van der Waals surface area (Å²) in [4.78, 5) is 0. The lowest BCUT2D eigenvalue weighted by molar-refractivity contribution is 0.619. The SMILES string of the molecule is NC1=CCC(Nc2ccccc2)(c2cccc3ccccc23)C=C1. The maximum atomic E-state index is 5.99. The molecule has 0 aliphatic heterocycles. The minimum absolute atomic E-state index is 0.301. The van der Waals surface area contributed by atoms with Crippen molar-refractivity contribution in [2.75, 3.05) is 5.32 Å². The highest BCUT2D eigenvalue weighted by atomic mass is 15.0. The molecule has 3 N–H and O–H groups in total. The van der Waals surface area contributed by atoms with Gasteiger partial charge in [0.25, 0.3) is 0 Å². The van der Waals surface area contributed by atoms with Crippen LogP contribution >= 0.6 is 0 Å². The highest BCUT2D eigenvalue weighted by Gasteiger charge is 2.31. The van der Waals surface area contributed by atoms with Crippen molar-refractivity contribution >= 4 is 16.5 Å². The van der Waals surface area contributed by atoms with Crippen LogP contribution < -0.4 is 11.1 Å². The Bertz CT molecular complexity index is 920. The summed E-state index contributed by atoms with van der Waals surface area (Å²) in [5, 5.41) is 6.25. The maximum absolute atomic E-state index is 5.99. The molecular formula is C22H20N2. The van der Waals surface area contributed by atoms with Gasteiger partial charge in [-0.1, -0.05) is 72.8 Å². The van der Waals surface area contributed by atoms with E-state index in [1.807, 2.05) is 12.1 Å². The number of rotatable bonds is 3. The summed E-state index contributed by atoms with van der Waals surface area (Å²) in [6, 6.07) is 25.4. The Morgan fingerprint density at radius 3 is 2.38 bits per heavy atom. The van der Waals surface area contributed by atoms with Gasteiger partial charge in [0.1, 0.15) is 0 Å². The Balaban J connectivity index is 1.88. The normalized spacial score (nSPS) is 19.9. The van der Waals surface area contributed by atoms with Gasteiger partial charge in [-0.05, 0) is 41.0 Å². The lowest BCUT2D eigenvalue weighted by Gasteiger charge is -2.35. The van der Waals surface area contributed by atoms with Gasteiger partial charge < -0.3 is 11.1 Å². The van der Waals surface area contributed by atoms with Crippen molar-refractivity contribution in [2.24, 2.45) is 5.73 Å². The van der Waals surface area contributed by atoms with Crippen LogP contribution in [0.5, 0.6) is 0 Å². The van der Waals surface area contributed by atoms with Gasteiger partial charge in [-0.15, -0.1) is 0 Å². The third-order valence-corrected chi connectivity index (χ3v) is 4.63. The molecule has 1 atom stereocenters. The molecule has 0 fully saturated rings. The van der Waals surface area contributed by atoms with E-state index in [1.54, 1.807) is 0 Å². The van der Waals surface area contributed by atoms with Crippen molar-refractivity contribution in [1.82, 2.24) is 0 Å². The molecule has 1 unspecified atom stereocenters. The van der Waals surface area contributed by atoms with Crippen LogP contribution in [0.15, 0.2) is 96.7 Å². The number of hydrogen-bond acceptors (Lipinski definition) is 2. The molecule has 0 aromatic heterocycles. The van der Waals surface area contributed by atoms with Crippen molar-refractivity contribution < 1.29 is 0 Å². The molecule has 1 aliphatic rings. The first-order valence-electron chi connectivity index (χ1n) is 8.23. The molecule has 0 saturated heterocycles. The topological polar surface area (TPSA) is 38.0 Å². The molecule has 2 heteroatoms. The zero-order chi connectivity index (χ0) is 16.4. The maximum Gasteiger partial charge on any atom is 0.0854 e. The van der Waals surface area contributed by atoms with Crippen LogP contribution in [0, 0.1) is 0 Å². The number of benzene rings is 3. The van der Waals surface area contributed by atoms with Gasteiger partial charge in [0.05, 0.1) is 5.54 Å². The second-order valence-electron chi connectivity index (χ2n) is 6.23. The zero-order valence-electron chi connectivity index (χ0n) is 13.4. The van der Waals surface area contributed by atoms with Crippen LogP contribution in [0.25, 0.3) is 10.8 Å². The highest BCUT2D eigenvalue weighted by molar-refractivity contribution is 5.87. The molecule has 24 heavy (non-hydrogen) atoms. The molecule has 0 radical (unpaired) electrons. The summed E-state index contributed by atoms with van der Waals surface area (Å²) in [5.41, 5.74) is 8.87. The Hall–Kier alpha value is -3.00. The van der Waals surface area contributed by atoms with Crippen LogP contribution in [-0.4, -0.2) is 0 Å². The average molecular weight is 312 g/mol. The first kappa shape index (κ1) is 14.6. The van der Waals surface area contributed by atoms with E-state index in [4.69, 9.17) is 5.73 Å². The molecule has 0 spiro atoms. The Morgan fingerprint density at radius 1 is 0.833 bits per heavy atom. The number of para-hydroxylation sites is 1. The summed E-state index contributed by atoms with van der Waals surface area (Å²) in [5.74, 6) is 0. The van der Waals surface area contributed by atoms with Crippen molar-refractivity contribution in [1.29, 1.82) is 0 Å². The lowest BCUT2D eigenvalue weighted by atomic mass is 9.80. The molecule has 0 amide bonds. The smallest absolute Gasteiger partial charge is 0.0854 e. The Morgan fingerprint density at radius 2 is 1.58 bits per heavy atom. The van der Waals surface area contributed by atoms with E-state index in [0.717, 1.165) is 17.8 Å². The van der Waals surface area contributed by atoms with Gasteiger partial charge in [-0.2, -0.15) is 0 Å². The fourth-order valence-electron chi connectivity index (χ4n) is 3.41. The minimum atomic E-state index is -0.301. The highest BCUT2D eigenvalue weighted by Crippen LogP contribution is 2.38. The van der Waals surface area contributed by atoms with Crippen LogP contribution in [0.2, 0.25) is 0 Å². The van der Waals surface area contributed by atoms with Gasteiger partial charge in [-0.25, -0.2) is 0 Å². The zero-order valence-corrected chi connectivity index (χ0v) is 13.4. The monoisotopic (exact) mass is 312 g/mol. The predicted octanol–water partition coefficient (Wildman–Crippen LogP) is 4.95. The molecule has 2 nitrogen and oxygen atoms in total. The van der Waals surface area contributed by atoms with Gasteiger partial charge in [0.2, 0.25) is 0 Å². The number of nitrogens with two attached hydrogens (primary N) is 1. The number of anilines is 1. The van der Waals surface area contributed by atoms with Gasteiger partial charge >= 0.3 is 0 Å². The largest absolute Gasteiger partial charge is 0.399 e. The second-order valence-corrected chi connectivity index (χ2v) is 6.23. The molecule has 0 heterocycles. The van der Waals surface area contributed by atoms with Crippen LogP contribution in [0.1, 0.15) is 12.0 Å². The number of allylic oxidation sites excluding steroid dienone is 1. The van der Waals surface area contributed by atoms with E-state index in [0.29, 0.717) is 0 Å². The van der Waals surface area contributed by atoms with Gasteiger partial charge in [-0.3, -0.25) is 0 Å². The summed E-state index contributed by atoms with van der Waals surface area (Å²) in [6.45, 7) is 0. The van der Waals surface area contributed by atoms with E-state index in [-0.39, 0.29) is 5.54 Å². The number of fused-ring (bicyclic) bond motifs is 1. The fraction of sp³-hybridized carbons (Fsp3) is 0.0909. The summed E-state index contributed by atoms with van der Waals surface area (Å²) in [7, 11) is 0. The van der Waals surface area contributed by atoms with E-state index < -0.39 is 0 Å². The van der Waals surface area contributed by atoms with Crippen LogP contribution in [-0.2, 0) is 5.54 Å². The second kappa shape index (κ2) is 5.89. The van der Waals surface area contributed by atoms with Crippen LogP contribution in [0.3, 0.4) is 0 Å². The third-order valence-electron chi connectivity index (χ3n) is 4.63. The lowest BCUT2D eigenvalue weighted by Crippen LogP contribution is -2.34. The fourth-order valence-corrected chi connectivity index (χ4v) is 3.41. The summed E-state index contributed by atoms with van der Waals surface area (Å²) >= 11 is 0. The summed E-state index contributed by atoms with van der Waals surface area (Å²) < 4.78 is 0. The molecule has 118 valence electrons. The van der Waals surface area contributed by atoms with Gasteiger partial charge in [0, 0.05) is 11.4 Å². The first-order valence-corrected chi connectivity index (χ1v) is 8.23. The molecule has 4 rings (SSSR count). The van der Waals surface area contributed by atoms with Crippen molar-refractivity contribution in [3.8, 4) is 0 Å². The number of hydrogen-bond donors (Lipinski definition) is 2. The molecule has 1 aliphatic carbocycles. The van der Waals surface area contributed by atoms with Crippen molar-refractivity contribution in [3.63, 3.8) is 0 Å². The third kappa shape index (κ3) is 2.56. The molecule has 3 aromatic rings. The van der Waals surface area contributed by atoms with E-state index in [2.05, 4.69) is 84.2 Å². The Kier molecular flexibility index (Phi) is 3.58. The predicted molar refractivity (Wildman–Crippen MR) is 102 cm³/mol. The molecule has 0 saturated carbocycles. The molecule has 3 aromatic carbocycles. The van der Waals surface area contributed by atoms with Crippen LogP contribution in [0.4, 0.5) is 5.69 Å². The standard InChI is InChI=1S/C22H20N2/c23-18-13-15-22(16-14-18,24-19-9-2-1-3-10-19)21-12-6-8-17-7-4-5-11-20(17)21/h1-15,24H,16,23H2. The Labute approximate surface area is 142 Å². The minimum Gasteiger partial charge on any atom is -0.399 e. The van der Waals surface area contributed by atoms with E-state index >= 15 is 0 Å². The van der Waals surface area contributed by atoms with E-state index in [9.17, 15) is 0 Å². The average Bonchev–Trinajstić information content (AvgIpc) is 2.64. The van der Waals surface area contributed by atoms with Gasteiger partial charge in [0.15, 0.2) is 0 Å². The van der Waals surface area contributed by atoms with Crippen molar-refractivity contribution in [2.45, 2.75) is 12.0 Å². The molecular weight excluding hydrogens is 292 g/mol. The number of nitrogens with one attached hydrogen (secondary N) is 1. The first-order chi connectivity index (χ1) is 11.8. The summed E-state index contributed by atoms with van der Waals surface area (Å²) in [6.07, 6.45) is 7.11.